The summed E-state index contributed by atoms with van der Waals surface area (Å²) in [6.07, 6.45) is 3.87. The maximum Gasteiger partial charge on any atom is 0.0701 e. The highest BCUT2D eigenvalue weighted by molar-refractivity contribution is 9.11. The summed E-state index contributed by atoms with van der Waals surface area (Å²) in [5.41, 5.74) is 1.77. The van der Waals surface area contributed by atoms with Crippen molar-refractivity contribution in [2.75, 3.05) is 20.1 Å². The Kier molecular flexibility index (Phi) is 4.64. The highest BCUT2D eigenvalue weighted by atomic mass is 79.9. The van der Waals surface area contributed by atoms with Gasteiger partial charge in [-0.25, -0.2) is 0 Å². The Morgan fingerprint density at radius 2 is 2.41 bits per heavy atom. The minimum Gasteiger partial charge on any atom is -0.310 e. The van der Waals surface area contributed by atoms with Crippen LogP contribution in [0.25, 0.3) is 0 Å². The average Bonchev–Trinajstić information content (AvgIpc) is 2.89. The van der Waals surface area contributed by atoms with Crippen LogP contribution in [0.1, 0.15) is 31.7 Å². The van der Waals surface area contributed by atoms with Gasteiger partial charge >= 0.3 is 0 Å². The Bertz CT molecular complexity index is 358. The number of hydrogen-bond acceptors (Lipinski definition) is 3. The third-order valence-corrected chi connectivity index (χ3v) is 5.21. The lowest BCUT2D eigenvalue weighted by Crippen LogP contribution is -2.48. The van der Waals surface area contributed by atoms with Crippen molar-refractivity contribution >= 4 is 27.3 Å². The number of likely N-dealkylation sites (N-methyl/N-ethyl adjacent to an activating group) is 1. The van der Waals surface area contributed by atoms with E-state index in [-0.39, 0.29) is 0 Å². The fraction of sp³-hybridized carbons (Fsp3) is 0.692. The standard InChI is InChI=1S/C13H21BrN2S/c1-3-13(5-4-6-15-13)10-16(2)8-11-7-12(14)17-9-11/h7,9,15H,3-6,8,10H2,1-2H3. The van der Waals surface area contributed by atoms with E-state index in [1.54, 1.807) is 11.3 Å². The second-order valence-electron chi connectivity index (χ2n) is 5.10. The lowest BCUT2D eigenvalue weighted by atomic mass is 9.93. The van der Waals surface area contributed by atoms with Gasteiger partial charge in [0.2, 0.25) is 0 Å². The summed E-state index contributed by atoms with van der Waals surface area (Å²) < 4.78 is 1.23. The van der Waals surface area contributed by atoms with E-state index in [9.17, 15) is 0 Å². The van der Waals surface area contributed by atoms with Gasteiger partial charge in [-0.15, -0.1) is 11.3 Å². The topological polar surface area (TPSA) is 15.3 Å². The van der Waals surface area contributed by atoms with Crippen LogP contribution in [0, 0.1) is 0 Å². The van der Waals surface area contributed by atoms with Crippen LogP contribution in [0.5, 0.6) is 0 Å². The molecule has 17 heavy (non-hydrogen) atoms. The summed E-state index contributed by atoms with van der Waals surface area (Å²) in [6.45, 7) is 5.68. The lowest BCUT2D eigenvalue weighted by Gasteiger charge is -2.33. The van der Waals surface area contributed by atoms with E-state index in [4.69, 9.17) is 0 Å². The smallest absolute Gasteiger partial charge is 0.0701 e. The molecule has 1 N–H and O–H groups in total. The van der Waals surface area contributed by atoms with Gasteiger partial charge < -0.3 is 10.2 Å². The summed E-state index contributed by atoms with van der Waals surface area (Å²) in [7, 11) is 2.23. The van der Waals surface area contributed by atoms with Crippen LogP contribution in [0.2, 0.25) is 0 Å². The molecule has 1 atom stereocenters. The molecule has 1 unspecified atom stereocenters. The van der Waals surface area contributed by atoms with Gasteiger partial charge in [0, 0.05) is 18.6 Å². The van der Waals surface area contributed by atoms with E-state index < -0.39 is 0 Å². The molecule has 0 aliphatic carbocycles. The molecule has 0 bridgehead atoms. The van der Waals surface area contributed by atoms with Gasteiger partial charge in [-0.3, -0.25) is 0 Å². The highest BCUT2D eigenvalue weighted by Crippen LogP contribution is 2.25. The maximum atomic E-state index is 3.69. The predicted molar refractivity (Wildman–Crippen MR) is 78.6 cm³/mol. The Morgan fingerprint density at radius 1 is 1.59 bits per heavy atom. The summed E-state index contributed by atoms with van der Waals surface area (Å²) in [5.74, 6) is 0. The van der Waals surface area contributed by atoms with Crippen LogP contribution in [-0.4, -0.2) is 30.6 Å². The zero-order valence-corrected chi connectivity index (χ0v) is 13.0. The molecule has 0 radical (unpaired) electrons. The number of nitrogens with one attached hydrogen (secondary N) is 1. The first-order chi connectivity index (χ1) is 8.13. The monoisotopic (exact) mass is 316 g/mol. The Hall–Kier alpha value is 0.1000. The van der Waals surface area contributed by atoms with Gasteiger partial charge in [-0.05, 0) is 65.8 Å². The van der Waals surface area contributed by atoms with E-state index in [0.717, 1.165) is 13.1 Å². The summed E-state index contributed by atoms with van der Waals surface area (Å²) in [6, 6.07) is 2.22. The first-order valence-electron chi connectivity index (χ1n) is 6.30. The van der Waals surface area contributed by atoms with E-state index in [2.05, 4.69) is 51.6 Å². The second kappa shape index (κ2) is 5.83. The molecule has 0 spiro atoms. The zero-order chi connectivity index (χ0) is 12.3. The fourth-order valence-corrected chi connectivity index (χ4v) is 3.93. The Labute approximate surface area is 117 Å². The van der Waals surface area contributed by atoms with Crippen LogP contribution in [-0.2, 0) is 6.54 Å². The quantitative estimate of drug-likeness (QED) is 0.894. The molecule has 0 saturated carbocycles. The first-order valence-corrected chi connectivity index (χ1v) is 7.97. The minimum absolute atomic E-state index is 0.363. The molecule has 2 nitrogen and oxygen atoms in total. The van der Waals surface area contributed by atoms with Crippen molar-refractivity contribution in [2.24, 2.45) is 0 Å². The van der Waals surface area contributed by atoms with Crippen molar-refractivity contribution in [3.63, 3.8) is 0 Å². The SMILES string of the molecule is CCC1(CN(C)Cc2csc(Br)c2)CCCN1. The molecule has 1 aromatic rings. The van der Waals surface area contributed by atoms with E-state index in [1.165, 1.54) is 35.2 Å². The van der Waals surface area contributed by atoms with Crippen LogP contribution < -0.4 is 5.32 Å². The zero-order valence-electron chi connectivity index (χ0n) is 10.6. The van der Waals surface area contributed by atoms with Gasteiger partial charge in [0.05, 0.1) is 3.79 Å². The third kappa shape index (κ3) is 3.53. The van der Waals surface area contributed by atoms with Gasteiger partial charge in [0.15, 0.2) is 0 Å². The molecule has 1 fully saturated rings. The summed E-state index contributed by atoms with van der Waals surface area (Å²) in [4.78, 5) is 2.44. The molecular weight excluding hydrogens is 296 g/mol. The number of hydrogen-bond donors (Lipinski definition) is 1. The third-order valence-electron chi connectivity index (χ3n) is 3.66. The number of halogens is 1. The molecule has 96 valence electrons. The molecule has 1 saturated heterocycles. The van der Waals surface area contributed by atoms with Crippen LogP contribution in [0.3, 0.4) is 0 Å². The Morgan fingerprint density at radius 3 is 2.94 bits per heavy atom. The molecule has 0 amide bonds. The normalized spacial score (nSPS) is 24.7. The number of thiophene rings is 1. The lowest BCUT2D eigenvalue weighted by molar-refractivity contribution is 0.214. The molecule has 2 heterocycles. The molecule has 1 aliphatic heterocycles. The summed E-state index contributed by atoms with van der Waals surface area (Å²) >= 11 is 5.29. The Balaban J connectivity index is 1.90. The van der Waals surface area contributed by atoms with Gasteiger partial charge in [0.25, 0.3) is 0 Å². The largest absolute Gasteiger partial charge is 0.310 e. The van der Waals surface area contributed by atoms with Crippen molar-refractivity contribution in [2.45, 2.75) is 38.3 Å². The second-order valence-corrected chi connectivity index (χ2v) is 7.39. The van der Waals surface area contributed by atoms with Crippen molar-refractivity contribution in [1.82, 2.24) is 10.2 Å². The molecular formula is C13H21BrN2S. The molecule has 1 aromatic heterocycles. The van der Waals surface area contributed by atoms with Gasteiger partial charge in [0.1, 0.15) is 0 Å². The van der Waals surface area contributed by atoms with Gasteiger partial charge in [-0.1, -0.05) is 6.92 Å². The van der Waals surface area contributed by atoms with Crippen molar-refractivity contribution in [3.8, 4) is 0 Å². The van der Waals surface area contributed by atoms with Crippen LogP contribution >= 0.6 is 27.3 Å². The maximum absolute atomic E-state index is 3.69. The molecule has 4 heteroatoms. The molecule has 0 aromatic carbocycles. The van der Waals surface area contributed by atoms with Gasteiger partial charge in [-0.2, -0.15) is 0 Å². The first kappa shape index (κ1) is 13.5. The predicted octanol–water partition coefficient (Wildman–Crippen LogP) is 3.47. The van der Waals surface area contributed by atoms with Crippen LogP contribution in [0.4, 0.5) is 0 Å². The molecule has 1 aliphatic rings. The summed E-state index contributed by atoms with van der Waals surface area (Å²) in [5, 5.41) is 5.93. The van der Waals surface area contributed by atoms with Crippen molar-refractivity contribution < 1.29 is 0 Å². The van der Waals surface area contributed by atoms with Crippen molar-refractivity contribution in [3.05, 3.63) is 20.8 Å². The highest BCUT2D eigenvalue weighted by Gasteiger charge is 2.32. The number of nitrogens with zero attached hydrogens (tertiary/aromatic N) is 1. The van der Waals surface area contributed by atoms with E-state index >= 15 is 0 Å². The van der Waals surface area contributed by atoms with E-state index in [0.29, 0.717) is 5.54 Å². The van der Waals surface area contributed by atoms with Crippen molar-refractivity contribution in [1.29, 1.82) is 0 Å². The fourth-order valence-electron chi connectivity index (χ4n) is 2.73. The number of rotatable bonds is 5. The van der Waals surface area contributed by atoms with E-state index in [1.807, 2.05) is 0 Å². The van der Waals surface area contributed by atoms with Crippen LogP contribution in [0.15, 0.2) is 15.2 Å². The average molecular weight is 317 g/mol. The minimum atomic E-state index is 0.363. The molecule has 2 rings (SSSR count).